The minimum atomic E-state index is -3.27. The Hall–Kier alpha value is -2.57. The Kier molecular flexibility index (Phi) is 2.44. The van der Waals surface area contributed by atoms with Crippen molar-refractivity contribution in [3.05, 3.63) is 53.5 Å². The fraction of sp³-hybridized carbons (Fsp3) is 0.214. The van der Waals surface area contributed by atoms with Crippen LogP contribution in [0.25, 0.3) is 5.65 Å². The van der Waals surface area contributed by atoms with Crippen LogP contribution in [0.3, 0.4) is 0 Å². The second-order valence-corrected chi connectivity index (χ2v) is 4.81. The van der Waals surface area contributed by atoms with E-state index in [1.807, 2.05) is 0 Å². The first-order valence-corrected chi connectivity index (χ1v) is 6.47. The van der Waals surface area contributed by atoms with Gasteiger partial charge in [-0.3, -0.25) is 0 Å². The van der Waals surface area contributed by atoms with E-state index in [9.17, 15) is 8.78 Å². The topological polar surface area (TPSA) is 52.3 Å². The zero-order valence-electron chi connectivity index (χ0n) is 10.8. The summed E-state index contributed by atoms with van der Waals surface area (Å²) in [7, 11) is 0. The average molecular weight is 288 g/mol. The van der Waals surface area contributed by atoms with Gasteiger partial charge in [0.25, 0.3) is 0 Å². The molecule has 5 nitrogen and oxygen atoms in total. The molecule has 0 spiro atoms. The first-order valence-electron chi connectivity index (χ1n) is 6.47. The third kappa shape index (κ3) is 1.77. The molecule has 106 valence electrons. The van der Waals surface area contributed by atoms with Gasteiger partial charge in [-0.2, -0.15) is 18.4 Å². The first kappa shape index (κ1) is 12.2. The number of nitrogens with zero attached hydrogens (tertiary/aromatic N) is 4. The highest BCUT2D eigenvalue weighted by Crippen LogP contribution is 2.37. The predicted molar refractivity (Wildman–Crippen MR) is 69.4 cm³/mol. The largest absolute Gasteiger partial charge is 0.493 e. The monoisotopic (exact) mass is 288 g/mol. The average Bonchev–Trinajstić information content (AvgIpc) is 3.13. The number of hydrogen-bond donors (Lipinski definition) is 0. The molecule has 0 bridgehead atoms. The van der Waals surface area contributed by atoms with Crippen LogP contribution in [0.5, 0.6) is 5.75 Å². The van der Waals surface area contributed by atoms with E-state index in [1.165, 1.54) is 18.3 Å². The molecule has 0 saturated carbocycles. The van der Waals surface area contributed by atoms with E-state index >= 15 is 0 Å². The summed E-state index contributed by atoms with van der Waals surface area (Å²) in [4.78, 5) is 0. The van der Waals surface area contributed by atoms with Crippen molar-refractivity contribution in [3.8, 4) is 5.75 Å². The molecule has 0 radical (unpaired) electrons. The molecule has 4 rings (SSSR count). The zero-order valence-corrected chi connectivity index (χ0v) is 10.8. The van der Waals surface area contributed by atoms with Gasteiger partial charge in [-0.15, -0.1) is 10.2 Å². The van der Waals surface area contributed by atoms with E-state index in [1.54, 1.807) is 18.2 Å². The van der Waals surface area contributed by atoms with Crippen molar-refractivity contribution in [2.45, 2.75) is 12.3 Å². The maximum atomic E-state index is 14.7. The standard InChI is InChI=1S/C14H10F2N4O/c15-14(16,10-3-4-11-9(8-10)5-7-21-11)13-19-18-12-2-1-6-17-20(12)13/h1-4,6,8H,5,7H2. The Morgan fingerprint density at radius 2 is 2.10 bits per heavy atom. The minimum Gasteiger partial charge on any atom is -0.493 e. The van der Waals surface area contributed by atoms with Crippen LogP contribution < -0.4 is 4.74 Å². The number of ether oxygens (including phenoxy) is 1. The van der Waals surface area contributed by atoms with Gasteiger partial charge in [-0.1, -0.05) is 0 Å². The smallest absolute Gasteiger partial charge is 0.333 e. The highest BCUT2D eigenvalue weighted by molar-refractivity contribution is 5.44. The molecule has 7 heteroatoms. The van der Waals surface area contributed by atoms with Gasteiger partial charge in [-0.25, -0.2) is 0 Å². The van der Waals surface area contributed by atoms with Gasteiger partial charge in [-0.05, 0) is 35.9 Å². The van der Waals surface area contributed by atoms with E-state index < -0.39 is 11.7 Å². The first-order chi connectivity index (χ1) is 10.2. The van der Waals surface area contributed by atoms with Crippen LogP contribution in [-0.2, 0) is 12.3 Å². The number of alkyl halides is 2. The van der Waals surface area contributed by atoms with Crippen molar-refractivity contribution in [1.82, 2.24) is 19.8 Å². The molecule has 1 aromatic carbocycles. The zero-order chi connectivity index (χ0) is 14.4. The molecule has 21 heavy (non-hydrogen) atoms. The van der Waals surface area contributed by atoms with Gasteiger partial charge in [0, 0.05) is 18.2 Å². The predicted octanol–water partition coefficient (Wildman–Crippen LogP) is 2.20. The van der Waals surface area contributed by atoms with Gasteiger partial charge in [0.1, 0.15) is 5.75 Å². The fourth-order valence-electron chi connectivity index (χ4n) is 2.45. The molecule has 0 fully saturated rings. The molecule has 0 amide bonds. The Balaban J connectivity index is 1.86. The molecule has 3 heterocycles. The lowest BCUT2D eigenvalue weighted by Crippen LogP contribution is -2.20. The lowest BCUT2D eigenvalue weighted by Gasteiger charge is -2.15. The maximum absolute atomic E-state index is 14.7. The number of halogens is 2. The van der Waals surface area contributed by atoms with Crippen molar-refractivity contribution in [1.29, 1.82) is 0 Å². The molecule has 1 aliphatic heterocycles. The van der Waals surface area contributed by atoms with Gasteiger partial charge in [0.05, 0.1) is 6.61 Å². The number of hydrogen-bond acceptors (Lipinski definition) is 4. The van der Waals surface area contributed by atoms with Crippen LogP contribution in [0.1, 0.15) is 17.0 Å². The number of aromatic nitrogens is 4. The minimum absolute atomic E-state index is 0.133. The lowest BCUT2D eigenvalue weighted by atomic mass is 10.0. The summed E-state index contributed by atoms with van der Waals surface area (Å²) in [6.45, 7) is 0.528. The molecule has 1 aliphatic rings. The summed E-state index contributed by atoms with van der Waals surface area (Å²) < 4.78 is 35.8. The third-order valence-electron chi connectivity index (χ3n) is 3.51. The van der Waals surface area contributed by atoms with Crippen LogP contribution in [0.15, 0.2) is 36.5 Å². The molecule has 0 atom stereocenters. The number of rotatable bonds is 2. The summed E-state index contributed by atoms with van der Waals surface area (Å²) in [6, 6.07) is 7.59. The SMILES string of the molecule is FC(F)(c1ccc2c(c1)CCO2)c1nnc2cccnn12. The maximum Gasteiger partial charge on any atom is 0.333 e. The van der Waals surface area contributed by atoms with Crippen LogP contribution in [0.2, 0.25) is 0 Å². The third-order valence-corrected chi connectivity index (χ3v) is 3.51. The Morgan fingerprint density at radius 3 is 3.00 bits per heavy atom. The summed E-state index contributed by atoms with van der Waals surface area (Å²) in [5, 5.41) is 11.2. The Labute approximate surface area is 118 Å². The lowest BCUT2D eigenvalue weighted by molar-refractivity contribution is 0.0305. The van der Waals surface area contributed by atoms with Crippen LogP contribution in [-0.4, -0.2) is 26.4 Å². The molecule has 0 saturated heterocycles. The van der Waals surface area contributed by atoms with Crippen molar-refractivity contribution in [2.75, 3.05) is 6.61 Å². The molecule has 0 N–H and O–H groups in total. The summed E-state index contributed by atoms with van der Waals surface area (Å²) in [5.74, 6) is -3.10. The van der Waals surface area contributed by atoms with Crippen molar-refractivity contribution in [2.24, 2.45) is 0 Å². The van der Waals surface area contributed by atoms with Gasteiger partial charge >= 0.3 is 5.92 Å². The van der Waals surface area contributed by atoms with E-state index in [0.717, 1.165) is 10.1 Å². The van der Waals surface area contributed by atoms with Crippen molar-refractivity contribution in [3.63, 3.8) is 0 Å². The Morgan fingerprint density at radius 1 is 1.19 bits per heavy atom. The molecule has 0 aliphatic carbocycles. The van der Waals surface area contributed by atoms with Crippen molar-refractivity contribution < 1.29 is 13.5 Å². The van der Waals surface area contributed by atoms with Crippen LogP contribution in [0, 0.1) is 0 Å². The van der Waals surface area contributed by atoms with E-state index in [-0.39, 0.29) is 11.2 Å². The van der Waals surface area contributed by atoms with Crippen molar-refractivity contribution >= 4 is 5.65 Å². The molecular weight excluding hydrogens is 278 g/mol. The molecular formula is C14H10F2N4O. The second kappa shape index (κ2) is 4.21. The number of fused-ring (bicyclic) bond motifs is 2. The summed E-state index contributed by atoms with van der Waals surface area (Å²) in [6.07, 6.45) is 2.06. The van der Waals surface area contributed by atoms with E-state index in [4.69, 9.17) is 4.74 Å². The van der Waals surface area contributed by atoms with E-state index in [2.05, 4.69) is 15.3 Å². The van der Waals surface area contributed by atoms with Crippen LogP contribution in [0.4, 0.5) is 8.78 Å². The van der Waals surface area contributed by atoms with Gasteiger partial charge < -0.3 is 4.74 Å². The highest BCUT2D eigenvalue weighted by Gasteiger charge is 2.40. The summed E-state index contributed by atoms with van der Waals surface area (Å²) >= 11 is 0. The second-order valence-electron chi connectivity index (χ2n) is 4.81. The molecule has 2 aromatic heterocycles. The molecule has 3 aromatic rings. The molecule has 0 unspecified atom stereocenters. The normalized spacial score (nSPS) is 14.2. The van der Waals surface area contributed by atoms with E-state index in [0.29, 0.717) is 18.8 Å². The van der Waals surface area contributed by atoms with Gasteiger partial charge in [0.15, 0.2) is 5.65 Å². The fourth-order valence-corrected chi connectivity index (χ4v) is 2.45. The Bertz CT molecular complexity index is 831. The quantitative estimate of drug-likeness (QED) is 0.725. The number of benzene rings is 1. The van der Waals surface area contributed by atoms with Gasteiger partial charge in [0.2, 0.25) is 5.82 Å². The summed E-state index contributed by atoms with van der Waals surface area (Å²) in [5.41, 5.74) is 0.942. The highest BCUT2D eigenvalue weighted by atomic mass is 19.3. The van der Waals surface area contributed by atoms with Crippen LogP contribution >= 0.6 is 0 Å².